The van der Waals surface area contributed by atoms with Crippen LogP contribution in [0, 0.1) is 0 Å². The Balaban J connectivity index is 1.54. The van der Waals surface area contributed by atoms with Crippen LogP contribution in [0.5, 0.6) is 5.75 Å². The van der Waals surface area contributed by atoms with Crippen LogP contribution < -0.4 is 10.1 Å². The SMILES string of the molecule is COc1cc(C2=C(C(=O)N(Cc3cccc(Cl)c3Cl)C3CC3)CNCC2)cc(-c2ccccc2)c1. The summed E-state index contributed by atoms with van der Waals surface area (Å²) in [6, 6.07) is 22.3. The number of hydrogen-bond donors (Lipinski definition) is 1. The van der Waals surface area contributed by atoms with Crippen LogP contribution in [0.15, 0.2) is 72.3 Å². The number of hydrogen-bond acceptors (Lipinski definition) is 3. The van der Waals surface area contributed by atoms with E-state index in [1.807, 2.05) is 47.4 Å². The van der Waals surface area contributed by atoms with Gasteiger partial charge < -0.3 is 15.0 Å². The molecule has 1 amide bonds. The van der Waals surface area contributed by atoms with Gasteiger partial charge in [0.15, 0.2) is 0 Å². The highest BCUT2D eigenvalue weighted by Crippen LogP contribution is 2.37. The smallest absolute Gasteiger partial charge is 0.251 e. The molecule has 0 atom stereocenters. The van der Waals surface area contributed by atoms with E-state index < -0.39 is 0 Å². The monoisotopic (exact) mass is 506 g/mol. The van der Waals surface area contributed by atoms with Crippen molar-refractivity contribution in [2.45, 2.75) is 31.8 Å². The molecule has 0 unspecified atom stereocenters. The first-order valence-electron chi connectivity index (χ1n) is 12.0. The fourth-order valence-electron chi connectivity index (χ4n) is 4.68. The first-order chi connectivity index (χ1) is 17.0. The molecule has 1 aliphatic heterocycles. The average molecular weight is 507 g/mol. The van der Waals surface area contributed by atoms with Crippen molar-refractivity contribution in [3.8, 4) is 16.9 Å². The summed E-state index contributed by atoms with van der Waals surface area (Å²) >= 11 is 12.7. The zero-order chi connectivity index (χ0) is 24.4. The molecule has 35 heavy (non-hydrogen) atoms. The van der Waals surface area contributed by atoms with Crippen molar-refractivity contribution in [2.24, 2.45) is 0 Å². The molecular weight excluding hydrogens is 479 g/mol. The third-order valence-corrected chi connectivity index (χ3v) is 7.55. The van der Waals surface area contributed by atoms with Gasteiger partial charge in [0.1, 0.15) is 5.75 Å². The highest BCUT2D eigenvalue weighted by Gasteiger charge is 2.35. The predicted octanol–water partition coefficient (Wildman–Crippen LogP) is 6.61. The van der Waals surface area contributed by atoms with E-state index in [2.05, 4.69) is 23.5 Å². The van der Waals surface area contributed by atoms with E-state index in [0.29, 0.717) is 23.1 Å². The standard InChI is InChI=1S/C29H28Cl2N2O2/c1-35-24-15-21(19-6-3-2-4-7-19)14-22(16-24)25-12-13-32-17-26(25)29(34)33(23-10-11-23)18-20-8-5-9-27(30)28(20)31/h2-9,14-16,23,32H,10-13,17-18H2,1H3. The highest BCUT2D eigenvalue weighted by atomic mass is 35.5. The predicted molar refractivity (Wildman–Crippen MR) is 143 cm³/mol. The quantitative estimate of drug-likeness (QED) is 0.392. The van der Waals surface area contributed by atoms with E-state index in [1.54, 1.807) is 13.2 Å². The molecule has 0 saturated heterocycles. The minimum absolute atomic E-state index is 0.0647. The zero-order valence-corrected chi connectivity index (χ0v) is 21.2. The maximum absolute atomic E-state index is 14.0. The van der Waals surface area contributed by atoms with Gasteiger partial charge in [0.2, 0.25) is 0 Å². The minimum Gasteiger partial charge on any atom is -0.497 e. The number of nitrogens with one attached hydrogen (secondary N) is 1. The van der Waals surface area contributed by atoms with E-state index >= 15 is 0 Å². The van der Waals surface area contributed by atoms with Crippen molar-refractivity contribution in [2.75, 3.05) is 20.2 Å². The van der Waals surface area contributed by atoms with Crippen molar-refractivity contribution in [1.82, 2.24) is 10.2 Å². The molecule has 0 spiro atoms. The Hall–Kier alpha value is -2.79. The van der Waals surface area contributed by atoms with Crippen LogP contribution in [0.1, 0.15) is 30.4 Å². The summed E-state index contributed by atoms with van der Waals surface area (Å²) in [7, 11) is 1.68. The summed E-state index contributed by atoms with van der Waals surface area (Å²) in [6.45, 7) is 1.82. The van der Waals surface area contributed by atoms with Crippen LogP contribution in [-0.4, -0.2) is 37.0 Å². The normalized spacial score (nSPS) is 15.7. The van der Waals surface area contributed by atoms with E-state index in [-0.39, 0.29) is 11.9 Å². The molecule has 5 rings (SSSR count). The third-order valence-electron chi connectivity index (χ3n) is 6.69. The van der Waals surface area contributed by atoms with Crippen molar-refractivity contribution in [1.29, 1.82) is 0 Å². The summed E-state index contributed by atoms with van der Waals surface area (Å²) < 4.78 is 5.64. The summed E-state index contributed by atoms with van der Waals surface area (Å²) in [5.41, 5.74) is 5.98. The van der Waals surface area contributed by atoms with E-state index in [4.69, 9.17) is 27.9 Å². The molecule has 4 nitrogen and oxygen atoms in total. The Kier molecular flexibility index (Phi) is 7.14. The first-order valence-corrected chi connectivity index (χ1v) is 12.7. The summed E-state index contributed by atoms with van der Waals surface area (Å²) in [5, 5.41) is 4.43. The molecule has 1 N–H and O–H groups in total. The second-order valence-electron chi connectivity index (χ2n) is 9.08. The molecular formula is C29H28Cl2N2O2. The second-order valence-corrected chi connectivity index (χ2v) is 9.86. The Morgan fingerprint density at radius 3 is 2.51 bits per heavy atom. The maximum Gasteiger partial charge on any atom is 0.251 e. The molecule has 3 aromatic carbocycles. The van der Waals surface area contributed by atoms with Crippen LogP contribution in [0.4, 0.5) is 0 Å². The van der Waals surface area contributed by atoms with Gasteiger partial charge in [0.05, 0.1) is 17.2 Å². The number of carbonyl (C=O) groups excluding carboxylic acids is 1. The Morgan fingerprint density at radius 2 is 1.77 bits per heavy atom. The fourth-order valence-corrected chi connectivity index (χ4v) is 5.06. The van der Waals surface area contributed by atoms with Gasteiger partial charge in [-0.1, -0.05) is 65.7 Å². The lowest BCUT2D eigenvalue weighted by Crippen LogP contribution is -2.39. The van der Waals surface area contributed by atoms with E-state index in [9.17, 15) is 4.79 Å². The number of carbonyl (C=O) groups is 1. The lowest BCUT2D eigenvalue weighted by Gasteiger charge is -2.29. The minimum atomic E-state index is 0.0647. The molecule has 6 heteroatoms. The second kappa shape index (κ2) is 10.4. The van der Waals surface area contributed by atoms with Crippen LogP contribution in [0.25, 0.3) is 16.7 Å². The molecule has 1 fully saturated rings. The molecule has 3 aromatic rings. The average Bonchev–Trinajstić information content (AvgIpc) is 3.75. The number of amides is 1. The van der Waals surface area contributed by atoms with Crippen molar-refractivity contribution in [3.63, 3.8) is 0 Å². The molecule has 0 aromatic heterocycles. The van der Waals surface area contributed by atoms with Gasteiger partial charge in [-0.15, -0.1) is 0 Å². The fraction of sp³-hybridized carbons (Fsp3) is 0.276. The molecule has 0 bridgehead atoms. The molecule has 2 aliphatic rings. The largest absolute Gasteiger partial charge is 0.497 e. The van der Waals surface area contributed by atoms with Gasteiger partial charge in [0.25, 0.3) is 5.91 Å². The molecule has 1 aliphatic carbocycles. The van der Waals surface area contributed by atoms with Gasteiger partial charge in [-0.05, 0) is 77.9 Å². The number of ether oxygens (including phenoxy) is 1. The van der Waals surface area contributed by atoms with E-state index in [1.165, 1.54) is 0 Å². The number of benzene rings is 3. The van der Waals surface area contributed by atoms with Crippen LogP contribution in [-0.2, 0) is 11.3 Å². The number of rotatable bonds is 7. The number of methoxy groups -OCH3 is 1. The van der Waals surface area contributed by atoms with Gasteiger partial charge in [-0.25, -0.2) is 0 Å². The summed E-state index contributed by atoms with van der Waals surface area (Å²) in [6.07, 6.45) is 2.80. The summed E-state index contributed by atoms with van der Waals surface area (Å²) in [5.74, 6) is 0.846. The first kappa shape index (κ1) is 23.9. The molecule has 0 radical (unpaired) electrons. The van der Waals surface area contributed by atoms with Gasteiger partial charge in [-0.2, -0.15) is 0 Å². The van der Waals surface area contributed by atoms with Gasteiger partial charge in [-0.3, -0.25) is 4.79 Å². The van der Waals surface area contributed by atoms with Crippen LogP contribution in [0.3, 0.4) is 0 Å². The number of halogens is 2. The zero-order valence-electron chi connectivity index (χ0n) is 19.7. The lowest BCUT2D eigenvalue weighted by atomic mass is 9.91. The Bertz CT molecular complexity index is 1270. The van der Waals surface area contributed by atoms with Crippen LogP contribution in [0.2, 0.25) is 10.0 Å². The van der Waals surface area contributed by atoms with Crippen molar-refractivity contribution < 1.29 is 9.53 Å². The third kappa shape index (κ3) is 5.25. The topological polar surface area (TPSA) is 41.6 Å². The Morgan fingerprint density at radius 1 is 1.00 bits per heavy atom. The Labute approximate surface area is 216 Å². The lowest BCUT2D eigenvalue weighted by molar-refractivity contribution is -0.128. The van der Waals surface area contributed by atoms with E-state index in [0.717, 1.165) is 65.0 Å². The van der Waals surface area contributed by atoms with Gasteiger partial charge >= 0.3 is 0 Å². The number of nitrogens with zero attached hydrogens (tertiary/aromatic N) is 1. The van der Waals surface area contributed by atoms with Crippen molar-refractivity contribution in [3.05, 3.63) is 93.5 Å². The maximum atomic E-state index is 14.0. The van der Waals surface area contributed by atoms with Crippen LogP contribution >= 0.6 is 23.2 Å². The van der Waals surface area contributed by atoms with Gasteiger partial charge in [0, 0.05) is 24.7 Å². The summed E-state index contributed by atoms with van der Waals surface area (Å²) in [4.78, 5) is 16.0. The highest BCUT2D eigenvalue weighted by molar-refractivity contribution is 6.42. The molecule has 1 heterocycles. The van der Waals surface area contributed by atoms with Crippen molar-refractivity contribution >= 4 is 34.7 Å². The molecule has 1 saturated carbocycles. The molecule has 180 valence electrons.